The lowest BCUT2D eigenvalue weighted by atomic mass is 10.3. The molecule has 2 rings (SSSR count). The minimum absolute atomic E-state index is 0.0286. The molecule has 1 aliphatic heterocycles. The largest absolute Gasteiger partial charge is 0.340 e. The molecule has 0 radical (unpaired) electrons. The second kappa shape index (κ2) is 8.49. The maximum Gasteiger partial charge on any atom is 0.240 e. The van der Waals surface area contributed by atoms with Gasteiger partial charge in [0.1, 0.15) is 0 Å². The van der Waals surface area contributed by atoms with Crippen LogP contribution in [0.1, 0.15) is 13.3 Å². The predicted octanol–water partition coefficient (Wildman–Crippen LogP) is 1.83. The number of piperazine rings is 1. The quantitative estimate of drug-likeness (QED) is 0.799. The Hall–Kier alpha value is -0.860. The van der Waals surface area contributed by atoms with Crippen LogP contribution < -0.4 is 4.72 Å². The Morgan fingerprint density at radius 2 is 1.83 bits per heavy atom. The van der Waals surface area contributed by atoms with Gasteiger partial charge in [0.25, 0.3) is 0 Å². The number of carbonyl (C=O) groups excluding carboxylic acids is 1. The van der Waals surface area contributed by atoms with E-state index in [9.17, 15) is 13.2 Å². The zero-order chi connectivity index (χ0) is 17.7. The average Bonchev–Trinajstić information content (AvgIpc) is 2.57. The van der Waals surface area contributed by atoms with E-state index in [1.54, 1.807) is 4.90 Å². The van der Waals surface area contributed by atoms with Gasteiger partial charge in [-0.1, -0.05) is 30.1 Å². The predicted molar refractivity (Wildman–Crippen MR) is 95.0 cm³/mol. The van der Waals surface area contributed by atoms with Crippen LogP contribution in [0, 0.1) is 0 Å². The summed E-state index contributed by atoms with van der Waals surface area (Å²) in [6.07, 6.45) is 0.132. The lowest BCUT2D eigenvalue weighted by Gasteiger charge is -2.34. The third-order valence-corrected chi connectivity index (χ3v) is 6.20. The highest BCUT2D eigenvalue weighted by molar-refractivity contribution is 7.89. The molecule has 1 fully saturated rings. The van der Waals surface area contributed by atoms with Crippen molar-refractivity contribution < 1.29 is 13.2 Å². The molecule has 0 aromatic heterocycles. The number of hydrogen-bond donors (Lipinski definition) is 1. The number of carbonyl (C=O) groups is 1. The van der Waals surface area contributed by atoms with Gasteiger partial charge in [0.2, 0.25) is 15.9 Å². The van der Waals surface area contributed by atoms with Gasteiger partial charge in [-0.05, 0) is 24.7 Å². The summed E-state index contributed by atoms with van der Waals surface area (Å²) in [6, 6.07) is 4.09. The first kappa shape index (κ1) is 19.5. The molecular weight excluding hydrogens is 373 g/mol. The molecule has 0 atom stereocenters. The van der Waals surface area contributed by atoms with Gasteiger partial charge in [-0.15, -0.1) is 0 Å². The number of benzene rings is 1. The number of halogens is 2. The van der Waals surface area contributed by atoms with Crippen LogP contribution in [0.2, 0.25) is 10.0 Å². The van der Waals surface area contributed by atoms with Crippen molar-refractivity contribution in [2.75, 3.05) is 39.3 Å². The highest BCUT2D eigenvalue weighted by Gasteiger charge is 2.21. The van der Waals surface area contributed by atoms with Crippen molar-refractivity contribution in [2.45, 2.75) is 18.2 Å². The molecule has 0 bridgehead atoms. The number of nitrogens with one attached hydrogen (secondary N) is 1. The van der Waals surface area contributed by atoms with Crippen LogP contribution >= 0.6 is 23.2 Å². The Labute approximate surface area is 152 Å². The molecular formula is C15H21Cl2N3O3S. The third kappa shape index (κ3) is 5.07. The van der Waals surface area contributed by atoms with Crippen molar-refractivity contribution in [3.8, 4) is 0 Å². The Morgan fingerprint density at radius 3 is 2.42 bits per heavy atom. The molecule has 1 heterocycles. The van der Waals surface area contributed by atoms with Crippen molar-refractivity contribution in [1.82, 2.24) is 14.5 Å². The Morgan fingerprint density at radius 1 is 1.17 bits per heavy atom. The summed E-state index contributed by atoms with van der Waals surface area (Å²) in [6.45, 7) is 6.21. The van der Waals surface area contributed by atoms with Gasteiger partial charge in [-0.25, -0.2) is 13.1 Å². The highest BCUT2D eigenvalue weighted by Crippen LogP contribution is 2.24. The standard InChI is InChI=1S/C15H21Cl2N3O3S/c1-2-19-7-9-20(10-8-19)15(21)5-6-18-24(22,23)12-3-4-13(16)14(17)11-12/h3-4,11,18H,2,5-10H2,1H3. The molecule has 24 heavy (non-hydrogen) atoms. The Kier molecular flexibility index (Phi) is 6.88. The number of hydrogen-bond acceptors (Lipinski definition) is 4. The van der Waals surface area contributed by atoms with Crippen molar-refractivity contribution in [3.05, 3.63) is 28.2 Å². The molecule has 1 N–H and O–H groups in total. The number of nitrogens with zero attached hydrogens (tertiary/aromatic N) is 2. The van der Waals surface area contributed by atoms with Crippen LogP contribution in [0.3, 0.4) is 0 Å². The van der Waals surface area contributed by atoms with Crippen LogP contribution in [0.4, 0.5) is 0 Å². The van der Waals surface area contributed by atoms with Crippen LogP contribution in [0.15, 0.2) is 23.1 Å². The molecule has 1 amide bonds. The summed E-state index contributed by atoms with van der Waals surface area (Å²) in [5.74, 6) is -0.0393. The lowest BCUT2D eigenvalue weighted by molar-refractivity contribution is -0.132. The van der Waals surface area contributed by atoms with Crippen LogP contribution in [0.25, 0.3) is 0 Å². The molecule has 0 unspecified atom stereocenters. The van der Waals surface area contributed by atoms with Crippen molar-refractivity contribution in [2.24, 2.45) is 0 Å². The molecule has 1 aromatic rings. The normalized spacial score (nSPS) is 16.4. The molecule has 134 valence electrons. The topological polar surface area (TPSA) is 69.7 Å². The molecule has 0 aliphatic carbocycles. The van der Waals surface area contributed by atoms with Crippen molar-refractivity contribution in [3.63, 3.8) is 0 Å². The van der Waals surface area contributed by atoms with E-state index in [1.165, 1.54) is 18.2 Å². The maximum absolute atomic E-state index is 12.2. The van der Waals surface area contributed by atoms with Crippen LogP contribution in [-0.4, -0.2) is 63.4 Å². The molecule has 1 aliphatic rings. The molecule has 1 aromatic carbocycles. The third-order valence-electron chi connectivity index (χ3n) is 4.00. The first-order valence-electron chi connectivity index (χ1n) is 7.78. The SMILES string of the molecule is CCN1CCN(C(=O)CCNS(=O)(=O)c2ccc(Cl)c(Cl)c2)CC1. The smallest absolute Gasteiger partial charge is 0.240 e. The fourth-order valence-corrected chi connectivity index (χ4v) is 3.91. The van der Waals surface area contributed by atoms with E-state index in [1.807, 2.05) is 0 Å². The van der Waals surface area contributed by atoms with E-state index in [2.05, 4.69) is 16.5 Å². The maximum atomic E-state index is 12.2. The van der Waals surface area contributed by atoms with E-state index in [0.29, 0.717) is 13.1 Å². The highest BCUT2D eigenvalue weighted by atomic mass is 35.5. The molecule has 0 saturated carbocycles. The zero-order valence-corrected chi connectivity index (χ0v) is 15.8. The van der Waals surface area contributed by atoms with Crippen LogP contribution in [0.5, 0.6) is 0 Å². The number of rotatable bonds is 6. The first-order chi connectivity index (χ1) is 11.3. The fraction of sp³-hybridized carbons (Fsp3) is 0.533. The van der Waals surface area contributed by atoms with E-state index in [4.69, 9.17) is 23.2 Å². The summed E-state index contributed by atoms with van der Waals surface area (Å²) in [5.41, 5.74) is 0. The Bertz CT molecular complexity index is 689. The van der Waals surface area contributed by atoms with E-state index in [-0.39, 0.29) is 33.8 Å². The summed E-state index contributed by atoms with van der Waals surface area (Å²) in [7, 11) is -3.71. The molecule has 1 saturated heterocycles. The zero-order valence-electron chi connectivity index (χ0n) is 13.5. The number of amides is 1. The van der Waals surface area contributed by atoms with Gasteiger partial charge < -0.3 is 9.80 Å². The van der Waals surface area contributed by atoms with Gasteiger partial charge in [0.15, 0.2) is 0 Å². The van der Waals surface area contributed by atoms with Gasteiger partial charge in [0, 0.05) is 39.1 Å². The van der Waals surface area contributed by atoms with Gasteiger partial charge in [-0.2, -0.15) is 0 Å². The summed E-state index contributed by atoms with van der Waals surface area (Å²) in [5, 5.41) is 0.460. The number of sulfonamides is 1. The summed E-state index contributed by atoms with van der Waals surface area (Å²) < 4.78 is 26.8. The second-order valence-corrected chi connectivity index (χ2v) is 8.12. The minimum Gasteiger partial charge on any atom is -0.340 e. The Balaban J connectivity index is 1.84. The van der Waals surface area contributed by atoms with Crippen LogP contribution in [-0.2, 0) is 14.8 Å². The van der Waals surface area contributed by atoms with Crippen molar-refractivity contribution in [1.29, 1.82) is 0 Å². The van der Waals surface area contributed by atoms with Gasteiger partial charge >= 0.3 is 0 Å². The number of likely N-dealkylation sites (N-methyl/N-ethyl adjacent to an activating group) is 1. The fourth-order valence-electron chi connectivity index (χ4n) is 2.49. The average molecular weight is 394 g/mol. The van der Waals surface area contributed by atoms with Gasteiger partial charge in [0.05, 0.1) is 14.9 Å². The van der Waals surface area contributed by atoms with E-state index >= 15 is 0 Å². The summed E-state index contributed by atoms with van der Waals surface area (Å²) in [4.78, 5) is 16.2. The monoisotopic (exact) mass is 393 g/mol. The first-order valence-corrected chi connectivity index (χ1v) is 10.0. The van der Waals surface area contributed by atoms with E-state index < -0.39 is 10.0 Å². The minimum atomic E-state index is -3.71. The molecule has 0 spiro atoms. The second-order valence-electron chi connectivity index (χ2n) is 5.54. The lowest BCUT2D eigenvalue weighted by Crippen LogP contribution is -2.49. The molecule has 9 heteroatoms. The van der Waals surface area contributed by atoms with Crippen molar-refractivity contribution >= 4 is 39.1 Å². The van der Waals surface area contributed by atoms with E-state index in [0.717, 1.165) is 19.6 Å². The van der Waals surface area contributed by atoms with Gasteiger partial charge in [-0.3, -0.25) is 4.79 Å². The summed E-state index contributed by atoms with van der Waals surface area (Å²) >= 11 is 11.6. The molecule has 6 nitrogen and oxygen atoms in total.